The number of methoxy groups -OCH3 is 1. The SMILES string of the molecule is COc1ccc(F)cc1-c1c(F)cnc2[nH]c(C3=CCC(C(=O)O)CC3)c(C#N)c12. The summed E-state index contributed by atoms with van der Waals surface area (Å²) >= 11 is 0. The van der Waals surface area contributed by atoms with E-state index in [1.54, 1.807) is 6.08 Å². The van der Waals surface area contributed by atoms with Crippen molar-refractivity contribution in [3.8, 4) is 22.9 Å². The first-order valence-corrected chi connectivity index (χ1v) is 9.31. The van der Waals surface area contributed by atoms with Crippen molar-refractivity contribution in [2.75, 3.05) is 7.11 Å². The number of halogens is 2. The molecule has 0 saturated heterocycles. The normalized spacial score (nSPS) is 16.2. The van der Waals surface area contributed by atoms with Crippen molar-refractivity contribution in [2.45, 2.75) is 19.3 Å². The number of aliphatic carboxylic acids is 1. The summed E-state index contributed by atoms with van der Waals surface area (Å²) in [6.07, 6.45) is 4.04. The minimum Gasteiger partial charge on any atom is -0.496 e. The maximum absolute atomic E-state index is 14.9. The van der Waals surface area contributed by atoms with Crippen LogP contribution in [0.4, 0.5) is 8.78 Å². The molecular weight excluding hydrogens is 392 g/mol. The van der Waals surface area contributed by atoms with Gasteiger partial charge in [0.15, 0.2) is 0 Å². The largest absolute Gasteiger partial charge is 0.496 e. The topological polar surface area (TPSA) is 99.0 Å². The highest BCUT2D eigenvalue weighted by Gasteiger charge is 2.27. The quantitative estimate of drug-likeness (QED) is 0.653. The zero-order chi connectivity index (χ0) is 21.4. The third-order valence-electron chi connectivity index (χ3n) is 5.40. The van der Waals surface area contributed by atoms with E-state index < -0.39 is 23.5 Å². The number of nitriles is 1. The van der Waals surface area contributed by atoms with E-state index in [1.165, 1.54) is 19.2 Å². The zero-order valence-electron chi connectivity index (χ0n) is 16.0. The summed E-state index contributed by atoms with van der Waals surface area (Å²) in [5.74, 6) is -2.34. The molecule has 0 bridgehead atoms. The summed E-state index contributed by atoms with van der Waals surface area (Å²) in [5, 5.41) is 19.3. The van der Waals surface area contributed by atoms with Crippen molar-refractivity contribution in [3.05, 3.63) is 53.4 Å². The highest BCUT2D eigenvalue weighted by molar-refractivity contribution is 6.01. The number of carbonyl (C=O) groups is 1. The molecule has 4 rings (SSSR count). The van der Waals surface area contributed by atoms with Gasteiger partial charge >= 0.3 is 5.97 Å². The predicted octanol–water partition coefficient (Wildman–Crippen LogP) is 4.66. The summed E-state index contributed by atoms with van der Waals surface area (Å²) in [6, 6.07) is 5.87. The Morgan fingerprint density at radius 2 is 2.20 bits per heavy atom. The number of benzene rings is 1. The van der Waals surface area contributed by atoms with Gasteiger partial charge in [-0.3, -0.25) is 4.79 Å². The average molecular weight is 409 g/mol. The molecule has 152 valence electrons. The van der Waals surface area contributed by atoms with Crippen molar-refractivity contribution in [3.63, 3.8) is 0 Å². The lowest BCUT2D eigenvalue weighted by atomic mass is 9.87. The number of H-pyrrole nitrogens is 1. The first kappa shape index (κ1) is 19.6. The Hall–Kier alpha value is -3.73. The van der Waals surface area contributed by atoms with Crippen molar-refractivity contribution in [2.24, 2.45) is 5.92 Å². The zero-order valence-corrected chi connectivity index (χ0v) is 16.0. The molecule has 1 atom stereocenters. The molecule has 0 aliphatic heterocycles. The molecule has 0 radical (unpaired) electrons. The molecule has 3 aromatic rings. The Kier molecular flexibility index (Phi) is 4.96. The Balaban J connectivity index is 1.95. The molecule has 0 amide bonds. The van der Waals surface area contributed by atoms with E-state index in [9.17, 15) is 23.9 Å². The fourth-order valence-corrected chi connectivity index (χ4v) is 3.91. The van der Waals surface area contributed by atoms with Crippen molar-refractivity contribution in [1.29, 1.82) is 5.26 Å². The second-order valence-corrected chi connectivity index (χ2v) is 7.08. The Morgan fingerprint density at radius 1 is 1.40 bits per heavy atom. The van der Waals surface area contributed by atoms with Crippen LogP contribution in [0.5, 0.6) is 5.75 Å². The highest BCUT2D eigenvalue weighted by atomic mass is 19.1. The third kappa shape index (κ3) is 3.18. The Labute approximate surface area is 170 Å². The molecule has 2 heterocycles. The molecule has 1 unspecified atom stereocenters. The fourth-order valence-electron chi connectivity index (χ4n) is 3.91. The first-order chi connectivity index (χ1) is 14.4. The minimum absolute atomic E-state index is 0.0234. The number of fused-ring (bicyclic) bond motifs is 1. The van der Waals surface area contributed by atoms with Crippen LogP contribution in [0, 0.1) is 28.9 Å². The standard InChI is InChI=1S/C22H17F2N3O3/c1-30-17-7-6-13(23)8-14(17)18-16(24)10-26-21-19(18)15(9-25)20(27-21)11-2-4-12(5-3-11)22(28)29/h2,6-8,10,12H,3-5H2,1H3,(H,26,27)(H,28,29). The van der Waals surface area contributed by atoms with E-state index in [0.717, 1.165) is 17.8 Å². The maximum Gasteiger partial charge on any atom is 0.306 e. The van der Waals surface area contributed by atoms with Gasteiger partial charge in [0.05, 0.1) is 30.5 Å². The summed E-state index contributed by atoms with van der Waals surface area (Å²) in [4.78, 5) is 18.3. The Morgan fingerprint density at radius 3 is 2.83 bits per heavy atom. The smallest absolute Gasteiger partial charge is 0.306 e. The molecule has 6 nitrogen and oxygen atoms in total. The monoisotopic (exact) mass is 409 g/mol. The lowest BCUT2D eigenvalue weighted by Gasteiger charge is -2.18. The van der Waals surface area contributed by atoms with Crippen LogP contribution in [0.2, 0.25) is 0 Å². The molecule has 30 heavy (non-hydrogen) atoms. The highest BCUT2D eigenvalue weighted by Crippen LogP contribution is 2.41. The maximum atomic E-state index is 14.9. The van der Waals surface area contributed by atoms with Gasteiger partial charge < -0.3 is 14.8 Å². The van der Waals surface area contributed by atoms with Crippen LogP contribution in [-0.4, -0.2) is 28.2 Å². The summed E-state index contributed by atoms with van der Waals surface area (Å²) in [5.41, 5.74) is 1.91. The Bertz CT molecular complexity index is 1240. The van der Waals surface area contributed by atoms with E-state index >= 15 is 0 Å². The molecule has 1 aliphatic carbocycles. The van der Waals surface area contributed by atoms with Gasteiger partial charge in [-0.15, -0.1) is 0 Å². The van der Waals surface area contributed by atoms with E-state index in [2.05, 4.69) is 16.0 Å². The van der Waals surface area contributed by atoms with Gasteiger partial charge in [0.2, 0.25) is 0 Å². The number of aromatic amines is 1. The molecule has 2 aromatic heterocycles. The number of pyridine rings is 1. The van der Waals surface area contributed by atoms with E-state index in [0.29, 0.717) is 25.0 Å². The second kappa shape index (κ2) is 7.59. The van der Waals surface area contributed by atoms with Crippen LogP contribution in [-0.2, 0) is 4.79 Å². The molecule has 0 fully saturated rings. The summed E-state index contributed by atoms with van der Waals surface area (Å²) < 4.78 is 34.2. The van der Waals surface area contributed by atoms with Gasteiger partial charge in [0.1, 0.15) is 29.1 Å². The summed E-state index contributed by atoms with van der Waals surface area (Å²) in [7, 11) is 1.40. The van der Waals surface area contributed by atoms with Crippen LogP contribution in [0.15, 0.2) is 30.5 Å². The molecule has 2 N–H and O–H groups in total. The number of carboxylic acid groups (broad SMARTS) is 1. The molecule has 8 heteroatoms. The predicted molar refractivity (Wildman–Crippen MR) is 106 cm³/mol. The van der Waals surface area contributed by atoms with E-state index in [1.807, 2.05) is 0 Å². The van der Waals surface area contributed by atoms with Crippen molar-refractivity contribution >= 4 is 22.6 Å². The average Bonchev–Trinajstić information content (AvgIpc) is 3.12. The van der Waals surface area contributed by atoms with Gasteiger partial charge in [-0.1, -0.05) is 6.08 Å². The molecular formula is C22H17F2N3O3. The van der Waals surface area contributed by atoms with Gasteiger partial charge in [-0.05, 0) is 43.0 Å². The molecule has 1 aromatic carbocycles. The van der Waals surface area contributed by atoms with Crippen LogP contribution in [0.3, 0.4) is 0 Å². The van der Waals surface area contributed by atoms with Gasteiger partial charge in [0, 0.05) is 16.5 Å². The number of carboxylic acids is 1. The third-order valence-corrected chi connectivity index (χ3v) is 5.40. The van der Waals surface area contributed by atoms with Gasteiger partial charge in [-0.25, -0.2) is 13.8 Å². The van der Waals surface area contributed by atoms with Crippen LogP contribution in [0.25, 0.3) is 27.7 Å². The lowest BCUT2D eigenvalue weighted by molar-refractivity contribution is -0.141. The lowest BCUT2D eigenvalue weighted by Crippen LogP contribution is -2.16. The van der Waals surface area contributed by atoms with E-state index in [4.69, 9.17) is 4.74 Å². The van der Waals surface area contributed by atoms with Crippen LogP contribution in [0.1, 0.15) is 30.5 Å². The number of rotatable bonds is 4. The van der Waals surface area contributed by atoms with E-state index in [-0.39, 0.29) is 33.5 Å². The fraction of sp³-hybridized carbons (Fsp3) is 0.227. The molecule has 0 spiro atoms. The van der Waals surface area contributed by atoms with Crippen LogP contribution >= 0.6 is 0 Å². The van der Waals surface area contributed by atoms with Crippen molar-refractivity contribution < 1.29 is 23.4 Å². The number of aromatic nitrogens is 2. The molecule has 0 saturated carbocycles. The second-order valence-electron chi connectivity index (χ2n) is 7.08. The van der Waals surface area contributed by atoms with Gasteiger partial charge in [-0.2, -0.15) is 5.26 Å². The van der Waals surface area contributed by atoms with Gasteiger partial charge in [0.25, 0.3) is 0 Å². The minimum atomic E-state index is -0.855. The molecule has 1 aliphatic rings. The van der Waals surface area contributed by atoms with Crippen molar-refractivity contribution in [1.82, 2.24) is 9.97 Å². The number of allylic oxidation sites excluding steroid dienone is 2. The number of ether oxygens (including phenoxy) is 1. The number of hydrogen-bond acceptors (Lipinski definition) is 4. The summed E-state index contributed by atoms with van der Waals surface area (Å²) in [6.45, 7) is 0. The first-order valence-electron chi connectivity index (χ1n) is 9.31. The number of nitrogens with one attached hydrogen (secondary N) is 1. The van der Waals surface area contributed by atoms with Crippen LogP contribution < -0.4 is 4.74 Å². The number of nitrogens with zero attached hydrogens (tertiary/aromatic N) is 2. The number of hydrogen-bond donors (Lipinski definition) is 2.